The average Bonchev–Trinajstić information content (AvgIpc) is 2.18. The number of hydrogen-bond acceptors (Lipinski definition) is 4. The molecular formula is C10H14ClN3O. The van der Waals surface area contributed by atoms with E-state index < -0.39 is 0 Å². The zero-order valence-corrected chi connectivity index (χ0v) is 9.37. The van der Waals surface area contributed by atoms with E-state index in [1.54, 1.807) is 12.4 Å². The summed E-state index contributed by atoms with van der Waals surface area (Å²) in [4.78, 5) is 8.08. The third-order valence-electron chi connectivity index (χ3n) is 2.47. The van der Waals surface area contributed by atoms with Crippen molar-refractivity contribution in [2.75, 3.05) is 11.9 Å². The summed E-state index contributed by atoms with van der Waals surface area (Å²) in [7, 11) is 0. The Balaban J connectivity index is 1.77. The summed E-state index contributed by atoms with van der Waals surface area (Å²) in [5.41, 5.74) is 0. The lowest BCUT2D eigenvalue weighted by Crippen LogP contribution is -2.41. The van der Waals surface area contributed by atoms with Gasteiger partial charge in [-0.2, -0.15) is 0 Å². The maximum atomic E-state index is 5.64. The third-order valence-corrected chi connectivity index (χ3v) is 2.66. The highest BCUT2D eigenvalue weighted by atomic mass is 35.5. The molecule has 0 atom stereocenters. The molecule has 1 aliphatic carbocycles. The van der Waals surface area contributed by atoms with Crippen LogP contribution >= 0.6 is 11.6 Å². The van der Waals surface area contributed by atoms with Gasteiger partial charge in [0.15, 0.2) is 0 Å². The van der Waals surface area contributed by atoms with Crippen LogP contribution in [0.1, 0.15) is 19.8 Å². The highest BCUT2D eigenvalue weighted by Crippen LogP contribution is 2.25. The highest BCUT2D eigenvalue weighted by Gasteiger charge is 2.29. The average molecular weight is 228 g/mol. The van der Waals surface area contributed by atoms with E-state index in [0.717, 1.165) is 25.3 Å². The molecule has 5 heteroatoms. The maximum absolute atomic E-state index is 5.64. The number of nitrogens with zero attached hydrogens (tertiary/aromatic N) is 2. The molecule has 0 spiro atoms. The van der Waals surface area contributed by atoms with E-state index >= 15 is 0 Å². The zero-order chi connectivity index (χ0) is 10.7. The van der Waals surface area contributed by atoms with Gasteiger partial charge in [0.05, 0.1) is 18.5 Å². The lowest BCUT2D eigenvalue weighted by atomic mass is 9.89. The Morgan fingerprint density at radius 3 is 2.87 bits per heavy atom. The largest absolute Gasteiger partial charge is 0.378 e. The molecule has 0 saturated heterocycles. The van der Waals surface area contributed by atoms with Crippen molar-refractivity contribution in [3.8, 4) is 0 Å². The molecule has 4 nitrogen and oxygen atoms in total. The lowest BCUT2D eigenvalue weighted by Gasteiger charge is -2.35. The van der Waals surface area contributed by atoms with Crippen molar-refractivity contribution < 1.29 is 4.74 Å². The first-order valence-corrected chi connectivity index (χ1v) is 5.51. The fourth-order valence-corrected chi connectivity index (χ4v) is 1.75. The molecule has 1 aromatic rings. The second-order valence-electron chi connectivity index (χ2n) is 3.61. The minimum atomic E-state index is 0.410. The normalized spacial score (nSPS) is 24.7. The predicted octanol–water partition coefficient (Wildman–Crippen LogP) is 2.11. The monoisotopic (exact) mass is 227 g/mol. The SMILES string of the molecule is CCOC1CC(Nc2cnc(Cl)cn2)C1. The van der Waals surface area contributed by atoms with Crippen LogP contribution in [0.25, 0.3) is 0 Å². The van der Waals surface area contributed by atoms with Crippen molar-refractivity contribution in [2.45, 2.75) is 31.9 Å². The number of hydrogen-bond donors (Lipinski definition) is 1. The molecular weight excluding hydrogens is 214 g/mol. The fourth-order valence-electron chi connectivity index (χ4n) is 1.65. The molecule has 0 aliphatic heterocycles. The van der Waals surface area contributed by atoms with Gasteiger partial charge in [-0.1, -0.05) is 11.6 Å². The van der Waals surface area contributed by atoms with E-state index in [4.69, 9.17) is 16.3 Å². The summed E-state index contributed by atoms with van der Waals surface area (Å²) >= 11 is 5.64. The first-order chi connectivity index (χ1) is 7.28. The number of ether oxygens (including phenoxy) is 1. The van der Waals surface area contributed by atoms with Gasteiger partial charge in [0.1, 0.15) is 11.0 Å². The van der Waals surface area contributed by atoms with Crippen LogP contribution in [0, 0.1) is 0 Å². The number of rotatable bonds is 4. The van der Waals surface area contributed by atoms with E-state index in [2.05, 4.69) is 15.3 Å². The van der Waals surface area contributed by atoms with Crippen molar-refractivity contribution >= 4 is 17.4 Å². The van der Waals surface area contributed by atoms with Crippen molar-refractivity contribution in [1.29, 1.82) is 0 Å². The molecule has 0 aromatic carbocycles. The molecule has 1 fully saturated rings. The van der Waals surface area contributed by atoms with E-state index in [1.807, 2.05) is 6.92 Å². The maximum Gasteiger partial charge on any atom is 0.147 e. The van der Waals surface area contributed by atoms with Crippen molar-refractivity contribution in [2.24, 2.45) is 0 Å². The molecule has 2 rings (SSSR count). The standard InChI is InChI=1S/C10H14ClN3O/c1-2-15-8-3-7(4-8)14-10-6-12-9(11)5-13-10/h5-8H,2-4H2,1H3,(H,13,14). The van der Waals surface area contributed by atoms with E-state index in [9.17, 15) is 0 Å². The quantitative estimate of drug-likeness (QED) is 0.856. The van der Waals surface area contributed by atoms with Crippen molar-refractivity contribution in [3.63, 3.8) is 0 Å². The van der Waals surface area contributed by atoms with E-state index in [0.29, 0.717) is 17.3 Å². The molecule has 0 bridgehead atoms. The van der Waals surface area contributed by atoms with Crippen LogP contribution in [-0.2, 0) is 4.74 Å². The molecule has 1 N–H and O–H groups in total. The van der Waals surface area contributed by atoms with Crippen LogP contribution in [0.4, 0.5) is 5.82 Å². The summed E-state index contributed by atoms with van der Waals surface area (Å²) in [5, 5.41) is 3.70. The van der Waals surface area contributed by atoms with Crippen LogP contribution in [-0.4, -0.2) is 28.7 Å². The number of nitrogens with one attached hydrogen (secondary N) is 1. The smallest absolute Gasteiger partial charge is 0.147 e. The molecule has 1 aromatic heterocycles. The minimum absolute atomic E-state index is 0.410. The Bertz CT molecular complexity index is 311. The zero-order valence-electron chi connectivity index (χ0n) is 8.61. The number of halogens is 1. The molecule has 0 unspecified atom stereocenters. The Labute approximate surface area is 94.0 Å². The van der Waals surface area contributed by atoms with Gasteiger partial charge in [0.2, 0.25) is 0 Å². The van der Waals surface area contributed by atoms with Crippen LogP contribution in [0.2, 0.25) is 5.15 Å². The Hall–Kier alpha value is -0.870. The van der Waals surface area contributed by atoms with Crippen LogP contribution < -0.4 is 5.32 Å². The van der Waals surface area contributed by atoms with Gasteiger partial charge >= 0.3 is 0 Å². The Morgan fingerprint density at radius 2 is 2.27 bits per heavy atom. The number of anilines is 1. The lowest BCUT2D eigenvalue weighted by molar-refractivity contribution is 0.00292. The van der Waals surface area contributed by atoms with Gasteiger partial charge in [-0.15, -0.1) is 0 Å². The molecule has 1 saturated carbocycles. The Kier molecular flexibility index (Phi) is 3.38. The molecule has 82 valence electrons. The second-order valence-corrected chi connectivity index (χ2v) is 4.00. The van der Waals surface area contributed by atoms with Gasteiger partial charge < -0.3 is 10.1 Å². The van der Waals surface area contributed by atoms with E-state index in [-0.39, 0.29) is 0 Å². The highest BCUT2D eigenvalue weighted by molar-refractivity contribution is 6.29. The minimum Gasteiger partial charge on any atom is -0.378 e. The summed E-state index contributed by atoms with van der Waals surface area (Å²) in [6, 6.07) is 0.456. The van der Waals surface area contributed by atoms with Gasteiger partial charge in [-0.25, -0.2) is 9.97 Å². The molecule has 0 amide bonds. The van der Waals surface area contributed by atoms with Gasteiger partial charge in [-0.05, 0) is 19.8 Å². The second kappa shape index (κ2) is 4.77. The Morgan fingerprint density at radius 1 is 1.47 bits per heavy atom. The first-order valence-electron chi connectivity index (χ1n) is 5.13. The topological polar surface area (TPSA) is 47.0 Å². The van der Waals surface area contributed by atoms with E-state index in [1.165, 1.54) is 0 Å². The molecule has 1 aliphatic rings. The van der Waals surface area contributed by atoms with Gasteiger partial charge in [0, 0.05) is 12.6 Å². The van der Waals surface area contributed by atoms with Gasteiger partial charge in [-0.3, -0.25) is 0 Å². The summed E-state index contributed by atoms with van der Waals surface area (Å²) in [6.45, 7) is 2.81. The molecule has 15 heavy (non-hydrogen) atoms. The summed E-state index contributed by atoms with van der Waals surface area (Å²) < 4.78 is 5.47. The molecule has 1 heterocycles. The van der Waals surface area contributed by atoms with Crippen LogP contribution in [0.15, 0.2) is 12.4 Å². The first kappa shape index (κ1) is 10.6. The molecule has 0 radical (unpaired) electrons. The van der Waals surface area contributed by atoms with Crippen molar-refractivity contribution in [1.82, 2.24) is 9.97 Å². The van der Waals surface area contributed by atoms with Crippen LogP contribution in [0.5, 0.6) is 0 Å². The third kappa shape index (κ3) is 2.79. The number of aromatic nitrogens is 2. The summed E-state index contributed by atoms with van der Waals surface area (Å²) in [6.07, 6.45) is 5.68. The fraction of sp³-hybridized carbons (Fsp3) is 0.600. The van der Waals surface area contributed by atoms with Gasteiger partial charge in [0.25, 0.3) is 0 Å². The van der Waals surface area contributed by atoms with Crippen molar-refractivity contribution in [3.05, 3.63) is 17.5 Å². The van der Waals surface area contributed by atoms with Crippen LogP contribution in [0.3, 0.4) is 0 Å². The predicted molar refractivity (Wildman–Crippen MR) is 59.1 cm³/mol. The summed E-state index contributed by atoms with van der Waals surface area (Å²) in [5.74, 6) is 0.777.